The molecule has 0 saturated carbocycles. The van der Waals surface area contributed by atoms with Gasteiger partial charge < -0.3 is 0 Å². The number of halogens is 2. The molecule has 132 valence electrons. The van der Waals surface area contributed by atoms with Crippen molar-refractivity contribution in [1.29, 1.82) is 0 Å². The van der Waals surface area contributed by atoms with Crippen LogP contribution in [0.2, 0.25) is 10.0 Å². The van der Waals surface area contributed by atoms with Gasteiger partial charge in [0.05, 0.1) is 33.7 Å². The fourth-order valence-corrected chi connectivity index (χ4v) is 6.47. The van der Waals surface area contributed by atoms with E-state index in [4.69, 9.17) is 29.6 Å². The lowest BCUT2D eigenvalue weighted by Gasteiger charge is -2.25. The molecule has 1 fully saturated rings. The van der Waals surface area contributed by atoms with E-state index >= 15 is 0 Å². The van der Waals surface area contributed by atoms with Gasteiger partial charge in [0.1, 0.15) is 0 Å². The molecule has 1 saturated heterocycles. The van der Waals surface area contributed by atoms with E-state index in [2.05, 4.69) is 5.92 Å². The normalized spacial score (nSPS) is 20.2. The summed E-state index contributed by atoms with van der Waals surface area (Å²) in [6, 6.07) is 4.00. The minimum atomic E-state index is -3.66. The first-order chi connectivity index (χ1) is 11.1. The second-order valence-electron chi connectivity index (χ2n) is 5.63. The fraction of sp³-hybridized carbons (Fsp3) is 0.467. The third-order valence-electron chi connectivity index (χ3n) is 3.89. The molecule has 0 amide bonds. The standard InChI is InChI=1S/C15H17Cl2NO4S2/c1-2-6-18(13-5-8-23(19,20)11-13)7-9-24(21,22)15-10-12(16)3-4-14(15)17/h1,3-4,10,13H,5-9,11H2. The molecule has 5 nitrogen and oxygen atoms in total. The van der Waals surface area contributed by atoms with Crippen molar-refractivity contribution in [2.75, 3.05) is 30.3 Å². The summed E-state index contributed by atoms with van der Waals surface area (Å²) in [5, 5.41) is 0.381. The van der Waals surface area contributed by atoms with Crippen molar-refractivity contribution < 1.29 is 16.8 Å². The zero-order valence-corrected chi connectivity index (χ0v) is 15.9. The minimum absolute atomic E-state index is 0.00660. The maximum Gasteiger partial charge on any atom is 0.181 e. The van der Waals surface area contributed by atoms with Crippen molar-refractivity contribution in [3.8, 4) is 12.3 Å². The van der Waals surface area contributed by atoms with Crippen LogP contribution in [0.1, 0.15) is 6.42 Å². The number of terminal acetylenes is 1. The maximum atomic E-state index is 12.5. The van der Waals surface area contributed by atoms with Crippen molar-refractivity contribution in [3.63, 3.8) is 0 Å². The third kappa shape index (κ3) is 4.87. The van der Waals surface area contributed by atoms with Crippen LogP contribution in [0.5, 0.6) is 0 Å². The summed E-state index contributed by atoms with van der Waals surface area (Å²) in [6.45, 7) is 0.328. The van der Waals surface area contributed by atoms with Gasteiger partial charge in [0.2, 0.25) is 0 Å². The largest absolute Gasteiger partial charge is 0.287 e. The lowest BCUT2D eigenvalue weighted by Crippen LogP contribution is -2.39. The van der Waals surface area contributed by atoms with Crippen LogP contribution in [0, 0.1) is 12.3 Å². The van der Waals surface area contributed by atoms with E-state index in [1.54, 1.807) is 4.90 Å². The highest BCUT2D eigenvalue weighted by Crippen LogP contribution is 2.26. The molecule has 1 aliphatic rings. The molecular weight excluding hydrogens is 393 g/mol. The fourth-order valence-electron chi connectivity index (χ4n) is 2.63. The summed E-state index contributed by atoms with van der Waals surface area (Å²) >= 11 is 11.8. The lowest BCUT2D eigenvalue weighted by molar-refractivity contribution is 0.253. The van der Waals surface area contributed by atoms with Crippen molar-refractivity contribution in [2.45, 2.75) is 17.4 Å². The topological polar surface area (TPSA) is 71.5 Å². The minimum Gasteiger partial charge on any atom is -0.287 e. The number of benzene rings is 1. The monoisotopic (exact) mass is 409 g/mol. The molecule has 1 atom stereocenters. The Bertz CT molecular complexity index is 860. The van der Waals surface area contributed by atoms with E-state index in [-0.39, 0.29) is 51.3 Å². The summed E-state index contributed by atoms with van der Waals surface area (Å²) in [7, 11) is -6.74. The van der Waals surface area contributed by atoms with Crippen molar-refractivity contribution >= 4 is 42.9 Å². The Morgan fingerprint density at radius 3 is 2.62 bits per heavy atom. The van der Waals surface area contributed by atoms with Crippen molar-refractivity contribution in [3.05, 3.63) is 28.2 Å². The van der Waals surface area contributed by atoms with E-state index < -0.39 is 19.7 Å². The summed E-state index contributed by atoms with van der Waals surface area (Å²) in [4.78, 5) is 1.69. The molecule has 9 heteroatoms. The van der Waals surface area contributed by atoms with Gasteiger partial charge in [-0.1, -0.05) is 29.1 Å². The molecule has 2 rings (SSSR count). The van der Waals surface area contributed by atoms with Gasteiger partial charge in [-0.25, -0.2) is 16.8 Å². The first kappa shape index (κ1) is 19.5. The first-order valence-electron chi connectivity index (χ1n) is 7.20. The van der Waals surface area contributed by atoms with Crippen LogP contribution in [-0.4, -0.2) is 58.1 Å². The molecule has 0 spiro atoms. The number of sulfone groups is 2. The summed E-state index contributed by atoms with van der Waals surface area (Å²) in [5.74, 6) is 2.35. The smallest absolute Gasteiger partial charge is 0.181 e. The van der Waals surface area contributed by atoms with E-state index in [0.29, 0.717) is 6.42 Å². The SMILES string of the molecule is C#CCN(CCS(=O)(=O)c1cc(Cl)ccc1Cl)C1CCS(=O)(=O)C1. The van der Waals surface area contributed by atoms with Gasteiger partial charge in [0.15, 0.2) is 19.7 Å². The van der Waals surface area contributed by atoms with E-state index in [1.807, 2.05) is 0 Å². The average molecular weight is 410 g/mol. The highest BCUT2D eigenvalue weighted by atomic mass is 35.5. The Hall–Kier alpha value is -0.780. The molecule has 0 N–H and O–H groups in total. The molecule has 1 unspecified atom stereocenters. The summed E-state index contributed by atoms with van der Waals surface area (Å²) < 4.78 is 48.3. The van der Waals surface area contributed by atoms with Crippen molar-refractivity contribution in [2.24, 2.45) is 0 Å². The second kappa shape index (κ2) is 7.63. The Labute approximate surface area is 152 Å². The quantitative estimate of drug-likeness (QED) is 0.670. The van der Waals surface area contributed by atoms with Crippen LogP contribution < -0.4 is 0 Å². The number of hydrogen-bond donors (Lipinski definition) is 0. The molecular formula is C15H17Cl2NO4S2. The second-order valence-corrected chi connectivity index (χ2v) is 10.8. The van der Waals surface area contributed by atoms with Crippen LogP contribution in [0.25, 0.3) is 0 Å². The Balaban J connectivity index is 2.14. The van der Waals surface area contributed by atoms with Gasteiger partial charge in [-0.15, -0.1) is 6.42 Å². The molecule has 0 aromatic heterocycles. The zero-order chi connectivity index (χ0) is 18.0. The van der Waals surface area contributed by atoms with Crippen LogP contribution in [-0.2, 0) is 19.7 Å². The molecule has 1 aromatic rings. The molecule has 0 bridgehead atoms. The maximum absolute atomic E-state index is 12.5. The van der Waals surface area contributed by atoms with E-state index in [1.165, 1.54) is 18.2 Å². The van der Waals surface area contributed by atoms with Gasteiger partial charge in [-0.2, -0.15) is 0 Å². The average Bonchev–Trinajstić information content (AvgIpc) is 2.86. The van der Waals surface area contributed by atoms with Gasteiger partial charge in [0, 0.05) is 17.6 Å². The van der Waals surface area contributed by atoms with Crippen LogP contribution in [0.15, 0.2) is 23.1 Å². The number of hydrogen-bond acceptors (Lipinski definition) is 5. The highest BCUT2D eigenvalue weighted by Gasteiger charge is 2.32. The predicted octanol–water partition coefficient (Wildman–Crippen LogP) is 1.89. The molecule has 24 heavy (non-hydrogen) atoms. The van der Waals surface area contributed by atoms with Gasteiger partial charge >= 0.3 is 0 Å². The molecule has 1 aliphatic heterocycles. The molecule has 0 aliphatic carbocycles. The third-order valence-corrected chi connectivity index (χ3v) is 8.05. The molecule has 0 radical (unpaired) electrons. The molecule has 1 heterocycles. The van der Waals surface area contributed by atoms with Gasteiger partial charge in [-0.3, -0.25) is 4.90 Å². The Morgan fingerprint density at radius 2 is 2.04 bits per heavy atom. The lowest BCUT2D eigenvalue weighted by atomic mass is 10.2. The Kier molecular flexibility index (Phi) is 6.21. The summed E-state index contributed by atoms with van der Waals surface area (Å²) in [5.41, 5.74) is 0. The highest BCUT2D eigenvalue weighted by molar-refractivity contribution is 7.91. The number of nitrogens with zero attached hydrogens (tertiary/aromatic N) is 1. The van der Waals surface area contributed by atoms with Crippen LogP contribution in [0.3, 0.4) is 0 Å². The predicted molar refractivity (Wildman–Crippen MR) is 96.0 cm³/mol. The number of rotatable bonds is 6. The van der Waals surface area contributed by atoms with Crippen LogP contribution in [0.4, 0.5) is 0 Å². The first-order valence-corrected chi connectivity index (χ1v) is 11.4. The zero-order valence-electron chi connectivity index (χ0n) is 12.8. The summed E-state index contributed by atoms with van der Waals surface area (Å²) in [6.07, 6.45) is 5.79. The molecule has 1 aromatic carbocycles. The van der Waals surface area contributed by atoms with Crippen LogP contribution >= 0.6 is 23.2 Å². The van der Waals surface area contributed by atoms with E-state index in [9.17, 15) is 16.8 Å². The van der Waals surface area contributed by atoms with Gasteiger partial charge in [-0.05, 0) is 24.6 Å². The van der Waals surface area contributed by atoms with Crippen molar-refractivity contribution in [1.82, 2.24) is 4.90 Å². The van der Waals surface area contributed by atoms with Gasteiger partial charge in [0.25, 0.3) is 0 Å². The Morgan fingerprint density at radius 1 is 1.33 bits per heavy atom. The van der Waals surface area contributed by atoms with E-state index in [0.717, 1.165) is 0 Å².